The maximum Gasteiger partial charge on any atom is 0.132 e. The van der Waals surface area contributed by atoms with E-state index in [1.54, 1.807) is 24.5 Å². The first-order chi connectivity index (χ1) is 9.72. The Morgan fingerprint density at radius 3 is 2.65 bits per heavy atom. The first-order valence-electron chi connectivity index (χ1n) is 6.68. The number of hydrogen-bond donors (Lipinski definition) is 1. The summed E-state index contributed by atoms with van der Waals surface area (Å²) in [6, 6.07) is 5.32. The van der Waals surface area contributed by atoms with Crippen LogP contribution in [0.4, 0.5) is 4.39 Å². The van der Waals surface area contributed by atoms with Crippen molar-refractivity contribution in [2.75, 3.05) is 0 Å². The molecule has 5 heteroatoms. The number of rotatable bonds is 5. The van der Waals surface area contributed by atoms with E-state index < -0.39 is 0 Å². The molecule has 1 aromatic carbocycles. The van der Waals surface area contributed by atoms with Gasteiger partial charge in [0.25, 0.3) is 0 Å². The topological polar surface area (TPSA) is 37.8 Å². The molecule has 0 amide bonds. The summed E-state index contributed by atoms with van der Waals surface area (Å²) in [5.74, 6) is 0.257. The Morgan fingerprint density at radius 2 is 2.00 bits per heavy atom. The minimum atomic E-state index is -0.319. The van der Waals surface area contributed by atoms with Crippen molar-refractivity contribution in [3.05, 3.63) is 58.4 Å². The Hall–Kier alpha value is -1.52. The average Bonchev–Trinajstić information content (AvgIpc) is 3.26. The molecule has 0 radical (unpaired) electrons. The van der Waals surface area contributed by atoms with Gasteiger partial charge < -0.3 is 5.32 Å². The van der Waals surface area contributed by atoms with Crippen molar-refractivity contribution in [2.24, 2.45) is 0 Å². The molecule has 2 aromatic rings. The van der Waals surface area contributed by atoms with Gasteiger partial charge in [-0.2, -0.15) is 0 Å². The van der Waals surface area contributed by atoms with Gasteiger partial charge in [-0.1, -0.05) is 17.7 Å². The highest BCUT2D eigenvalue weighted by molar-refractivity contribution is 6.31. The Kier molecular flexibility index (Phi) is 3.94. The smallest absolute Gasteiger partial charge is 0.132 e. The highest BCUT2D eigenvalue weighted by atomic mass is 35.5. The third-order valence-electron chi connectivity index (χ3n) is 3.33. The number of halogens is 2. The molecule has 104 valence electrons. The Balaban J connectivity index is 1.67. The largest absolute Gasteiger partial charge is 0.310 e. The summed E-state index contributed by atoms with van der Waals surface area (Å²) >= 11 is 6.00. The minimum absolute atomic E-state index is 0.307. The standard InChI is InChI=1S/C15H15ClFN3/c16-13-2-1-3-14(17)12(13)6-15-19-8-10(9-20-15)7-18-11-4-5-11/h1-3,8-9,11,18H,4-7H2. The molecule has 0 aliphatic heterocycles. The summed E-state index contributed by atoms with van der Waals surface area (Å²) in [7, 11) is 0. The second kappa shape index (κ2) is 5.85. The number of nitrogens with one attached hydrogen (secondary N) is 1. The fraction of sp³-hybridized carbons (Fsp3) is 0.333. The van der Waals surface area contributed by atoms with Crippen LogP contribution in [0.1, 0.15) is 29.8 Å². The molecule has 1 heterocycles. The molecule has 1 aromatic heterocycles. The van der Waals surface area contributed by atoms with Gasteiger partial charge in [0.2, 0.25) is 0 Å². The van der Waals surface area contributed by atoms with Gasteiger partial charge in [0.05, 0.1) is 0 Å². The molecular formula is C15H15ClFN3. The van der Waals surface area contributed by atoms with Crippen LogP contribution >= 0.6 is 11.6 Å². The van der Waals surface area contributed by atoms with Crippen LogP contribution in [0.3, 0.4) is 0 Å². The second-order valence-electron chi connectivity index (χ2n) is 5.04. The van der Waals surface area contributed by atoms with E-state index in [0.717, 1.165) is 12.1 Å². The summed E-state index contributed by atoms with van der Waals surface area (Å²) in [4.78, 5) is 8.56. The summed E-state index contributed by atoms with van der Waals surface area (Å²) in [6.07, 6.45) is 6.39. The highest BCUT2D eigenvalue weighted by Crippen LogP contribution is 2.21. The molecule has 0 saturated heterocycles. The lowest BCUT2D eigenvalue weighted by Crippen LogP contribution is -2.15. The van der Waals surface area contributed by atoms with Gasteiger partial charge in [-0.15, -0.1) is 0 Å². The second-order valence-corrected chi connectivity index (χ2v) is 5.45. The fourth-order valence-corrected chi connectivity index (χ4v) is 2.20. The quantitative estimate of drug-likeness (QED) is 0.920. The Labute approximate surface area is 122 Å². The van der Waals surface area contributed by atoms with Crippen LogP contribution in [0.2, 0.25) is 5.02 Å². The molecular weight excluding hydrogens is 277 g/mol. The third-order valence-corrected chi connectivity index (χ3v) is 3.68. The number of nitrogens with zero attached hydrogens (tertiary/aromatic N) is 2. The summed E-state index contributed by atoms with van der Waals surface area (Å²) in [5.41, 5.74) is 1.48. The van der Waals surface area contributed by atoms with Crippen LogP contribution in [0.5, 0.6) is 0 Å². The van der Waals surface area contributed by atoms with Crippen LogP contribution in [-0.2, 0) is 13.0 Å². The zero-order valence-corrected chi connectivity index (χ0v) is 11.7. The van der Waals surface area contributed by atoms with Gasteiger partial charge in [-0.25, -0.2) is 14.4 Å². The van der Waals surface area contributed by atoms with E-state index in [4.69, 9.17) is 11.6 Å². The van der Waals surface area contributed by atoms with Crippen molar-refractivity contribution in [1.29, 1.82) is 0 Å². The first kappa shape index (κ1) is 13.5. The maximum atomic E-state index is 13.7. The van der Waals surface area contributed by atoms with E-state index in [9.17, 15) is 4.39 Å². The fourth-order valence-electron chi connectivity index (χ4n) is 1.97. The van der Waals surface area contributed by atoms with Gasteiger partial charge in [0, 0.05) is 47.6 Å². The van der Waals surface area contributed by atoms with Crippen molar-refractivity contribution in [3.63, 3.8) is 0 Å². The van der Waals surface area contributed by atoms with Crippen LogP contribution < -0.4 is 5.32 Å². The van der Waals surface area contributed by atoms with Crippen molar-refractivity contribution in [3.8, 4) is 0 Å². The highest BCUT2D eigenvalue weighted by Gasteiger charge is 2.20. The van der Waals surface area contributed by atoms with Gasteiger partial charge in [-0.05, 0) is 25.0 Å². The maximum absolute atomic E-state index is 13.7. The predicted molar refractivity (Wildman–Crippen MR) is 76.1 cm³/mol. The third kappa shape index (κ3) is 3.32. The lowest BCUT2D eigenvalue weighted by molar-refractivity contribution is 0.612. The molecule has 1 aliphatic carbocycles. The number of aromatic nitrogens is 2. The molecule has 3 rings (SSSR count). The van der Waals surface area contributed by atoms with Crippen LogP contribution in [-0.4, -0.2) is 16.0 Å². The number of hydrogen-bond acceptors (Lipinski definition) is 3. The molecule has 0 unspecified atom stereocenters. The molecule has 1 N–H and O–H groups in total. The molecule has 0 spiro atoms. The monoisotopic (exact) mass is 291 g/mol. The molecule has 1 aliphatic rings. The SMILES string of the molecule is Fc1cccc(Cl)c1Cc1ncc(CNC2CC2)cn1. The van der Waals surface area contributed by atoms with Crippen molar-refractivity contribution in [2.45, 2.75) is 31.8 Å². The predicted octanol–water partition coefficient (Wildman–Crippen LogP) is 3.11. The summed E-state index contributed by atoms with van der Waals surface area (Å²) in [5, 5.41) is 3.81. The lowest BCUT2D eigenvalue weighted by Gasteiger charge is -2.06. The van der Waals surface area contributed by atoms with Gasteiger partial charge in [-0.3, -0.25) is 0 Å². The van der Waals surface area contributed by atoms with E-state index in [2.05, 4.69) is 15.3 Å². The normalized spacial score (nSPS) is 14.5. The molecule has 3 nitrogen and oxygen atoms in total. The van der Waals surface area contributed by atoms with E-state index in [1.165, 1.54) is 18.9 Å². The van der Waals surface area contributed by atoms with Gasteiger partial charge in [0.1, 0.15) is 11.6 Å². The zero-order valence-electron chi connectivity index (χ0n) is 10.9. The average molecular weight is 292 g/mol. The van der Waals surface area contributed by atoms with Crippen LogP contribution in [0, 0.1) is 5.82 Å². The van der Waals surface area contributed by atoms with E-state index in [0.29, 0.717) is 28.9 Å². The Bertz CT molecular complexity index is 576. The van der Waals surface area contributed by atoms with E-state index >= 15 is 0 Å². The van der Waals surface area contributed by atoms with Crippen molar-refractivity contribution < 1.29 is 4.39 Å². The van der Waals surface area contributed by atoms with Crippen molar-refractivity contribution >= 4 is 11.6 Å². The zero-order chi connectivity index (χ0) is 13.9. The summed E-state index contributed by atoms with van der Waals surface area (Å²) < 4.78 is 13.7. The van der Waals surface area contributed by atoms with Crippen LogP contribution in [0.15, 0.2) is 30.6 Å². The molecule has 20 heavy (non-hydrogen) atoms. The van der Waals surface area contributed by atoms with E-state index in [1.807, 2.05) is 0 Å². The van der Waals surface area contributed by atoms with Gasteiger partial charge in [0.15, 0.2) is 0 Å². The number of benzene rings is 1. The van der Waals surface area contributed by atoms with Crippen LogP contribution in [0.25, 0.3) is 0 Å². The first-order valence-corrected chi connectivity index (χ1v) is 7.06. The molecule has 1 fully saturated rings. The minimum Gasteiger partial charge on any atom is -0.310 e. The van der Waals surface area contributed by atoms with Crippen molar-refractivity contribution in [1.82, 2.24) is 15.3 Å². The Morgan fingerprint density at radius 1 is 1.25 bits per heavy atom. The molecule has 1 saturated carbocycles. The molecule has 0 bridgehead atoms. The van der Waals surface area contributed by atoms with Gasteiger partial charge >= 0.3 is 0 Å². The van der Waals surface area contributed by atoms with E-state index in [-0.39, 0.29) is 5.82 Å². The molecule has 0 atom stereocenters. The lowest BCUT2D eigenvalue weighted by atomic mass is 10.1. The summed E-state index contributed by atoms with van der Waals surface area (Å²) in [6.45, 7) is 0.783.